The quantitative estimate of drug-likeness (QED) is 0.854. The summed E-state index contributed by atoms with van der Waals surface area (Å²) in [5.41, 5.74) is 2.13. The Morgan fingerprint density at radius 2 is 2.05 bits per heavy atom. The first kappa shape index (κ1) is 15.5. The molecular formula is C15H24N2O2. The third-order valence-corrected chi connectivity index (χ3v) is 2.83. The molecule has 19 heavy (non-hydrogen) atoms. The van der Waals surface area contributed by atoms with Gasteiger partial charge in [-0.2, -0.15) is 0 Å². The van der Waals surface area contributed by atoms with Crippen molar-refractivity contribution < 1.29 is 9.53 Å². The van der Waals surface area contributed by atoms with Crippen LogP contribution in [0.4, 0.5) is 0 Å². The largest absolute Gasteiger partial charge is 0.483 e. The zero-order chi connectivity index (χ0) is 14.4. The maximum atomic E-state index is 11.6. The molecule has 0 bridgehead atoms. The van der Waals surface area contributed by atoms with Gasteiger partial charge in [-0.25, -0.2) is 0 Å². The fraction of sp³-hybridized carbons (Fsp3) is 0.533. The van der Waals surface area contributed by atoms with E-state index >= 15 is 0 Å². The molecule has 0 fully saturated rings. The van der Waals surface area contributed by atoms with Gasteiger partial charge in [0.2, 0.25) is 0 Å². The smallest absolute Gasteiger partial charge is 0.259 e. The van der Waals surface area contributed by atoms with Crippen LogP contribution in [-0.4, -0.2) is 37.6 Å². The van der Waals surface area contributed by atoms with Gasteiger partial charge in [-0.05, 0) is 12.5 Å². The summed E-state index contributed by atoms with van der Waals surface area (Å²) in [4.78, 5) is 13.1. The number of hydrogen-bond donors (Lipinski definition) is 1. The second-order valence-corrected chi connectivity index (χ2v) is 5.18. The first-order valence-corrected chi connectivity index (χ1v) is 6.56. The summed E-state index contributed by atoms with van der Waals surface area (Å²) in [5.74, 6) is 0.775. The van der Waals surface area contributed by atoms with E-state index in [2.05, 4.69) is 19.2 Å². The molecule has 4 heteroatoms. The lowest BCUT2D eigenvalue weighted by Crippen LogP contribution is -2.28. The summed E-state index contributed by atoms with van der Waals surface area (Å²) in [5, 5.41) is 3.36. The Bertz CT molecular complexity index is 428. The molecule has 0 heterocycles. The lowest BCUT2D eigenvalue weighted by Gasteiger charge is -2.17. The van der Waals surface area contributed by atoms with E-state index in [4.69, 9.17) is 4.74 Å². The lowest BCUT2D eigenvalue weighted by molar-refractivity contribution is -0.130. The van der Waals surface area contributed by atoms with Crippen molar-refractivity contribution in [3.05, 3.63) is 29.3 Å². The summed E-state index contributed by atoms with van der Waals surface area (Å²) in [6.45, 7) is 7.02. The SMILES string of the molecule is Cc1cccc(CNC(C)C)c1OCC(=O)N(C)C. The second kappa shape index (κ2) is 7.14. The second-order valence-electron chi connectivity index (χ2n) is 5.18. The molecule has 0 aliphatic rings. The van der Waals surface area contributed by atoms with Crippen LogP contribution in [0.2, 0.25) is 0 Å². The Labute approximate surface area is 115 Å². The predicted molar refractivity (Wildman–Crippen MR) is 77.3 cm³/mol. The minimum Gasteiger partial charge on any atom is -0.483 e. The Balaban J connectivity index is 2.77. The topological polar surface area (TPSA) is 41.6 Å². The van der Waals surface area contributed by atoms with Crippen LogP contribution in [0, 0.1) is 6.92 Å². The normalized spacial score (nSPS) is 10.6. The molecule has 0 aromatic heterocycles. The highest BCUT2D eigenvalue weighted by molar-refractivity contribution is 5.77. The fourth-order valence-corrected chi connectivity index (χ4v) is 1.64. The van der Waals surface area contributed by atoms with Crippen molar-refractivity contribution in [3.63, 3.8) is 0 Å². The summed E-state index contributed by atoms with van der Waals surface area (Å²) in [6.07, 6.45) is 0. The molecule has 1 aromatic rings. The number of hydrogen-bond acceptors (Lipinski definition) is 3. The molecule has 0 saturated carbocycles. The fourth-order valence-electron chi connectivity index (χ4n) is 1.64. The Hall–Kier alpha value is -1.55. The lowest BCUT2D eigenvalue weighted by atomic mass is 10.1. The third kappa shape index (κ3) is 4.91. The van der Waals surface area contributed by atoms with Crippen molar-refractivity contribution in [2.24, 2.45) is 0 Å². The molecule has 1 amide bonds. The molecule has 0 saturated heterocycles. The van der Waals surface area contributed by atoms with E-state index in [0.29, 0.717) is 6.04 Å². The number of nitrogens with zero attached hydrogens (tertiary/aromatic N) is 1. The summed E-state index contributed by atoms with van der Waals surface area (Å²) in [6, 6.07) is 6.44. The van der Waals surface area contributed by atoms with Gasteiger partial charge in [-0.3, -0.25) is 4.79 Å². The summed E-state index contributed by atoms with van der Waals surface area (Å²) >= 11 is 0. The Kier molecular flexibility index (Phi) is 5.83. The average Bonchev–Trinajstić information content (AvgIpc) is 2.34. The average molecular weight is 264 g/mol. The predicted octanol–water partition coefficient (Wildman–Crippen LogP) is 1.96. The molecule has 1 N–H and O–H groups in total. The van der Waals surface area contributed by atoms with Gasteiger partial charge in [0.05, 0.1) is 0 Å². The zero-order valence-corrected chi connectivity index (χ0v) is 12.5. The van der Waals surface area contributed by atoms with Crippen molar-refractivity contribution in [2.75, 3.05) is 20.7 Å². The van der Waals surface area contributed by atoms with Crippen LogP contribution in [0.15, 0.2) is 18.2 Å². The number of benzene rings is 1. The molecule has 0 radical (unpaired) electrons. The Morgan fingerprint density at radius 3 is 2.63 bits per heavy atom. The van der Waals surface area contributed by atoms with Crippen molar-refractivity contribution in [2.45, 2.75) is 33.4 Å². The van der Waals surface area contributed by atoms with E-state index in [1.807, 2.05) is 25.1 Å². The number of amides is 1. The summed E-state index contributed by atoms with van der Waals surface area (Å²) < 4.78 is 5.69. The van der Waals surface area contributed by atoms with Crippen LogP contribution < -0.4 is 10.1 Å². The van der Waals surface area contributed by atoms with Crippen molar-refractivity contribution >= 4 is 5.91 Å². The maximum absolute atomic E-state index is 11.6. The third-order valence-electron chi connectivity index (χ3n) is 2.83. The Morgan fingerprint density at radius 1 is 1.37 bits per heavy atom. The highest BCUT2D eigenvalue weighted by Gasteiger charge is 2.10. The van der Waals surface area contributed by atoms with Crippen LogP contribution in [0.5, 0.6) is 5.75 Å². The van der Waals surface area contributed by atoms with Crippen LogP contribution in [0.3, 0.4) is 0 Å². The molecule has 0 atom stereocenters. The van der Waals surface area contributed by atoms with Gasteiger partial charge in [0.15, 0.2) is 6.61 Å². The van der Waals surface area contributed by atoms with Gasteiger partial charge >= 0.3 is 0 Å². The molecule has 0 unspecified atom stereocenters. The number of aryl methyl sites for hydroxylation is 1. The van der Waals surface area contributed by atoms with E-state index in [1.165, 1.54) is 4.90 Å². The van der Waals surface area contributed by atoms with Crippen molar-refractivity contribution in [1.29, 1.82) is 0 Å². The number of carbonyl (C=O) groups is 1. The van der Waals surface area contributed by atoms with E-state index in [1.54, 1.807) is 14.1 Å². The molecular weight excluding hydrogens is 240 g/mol. The molecule has 1 rings (SSSR count). The highest BCUT2D eigenvalue weighted by atomic mass is 16.5. The van der Waals surface area contributed by atoms with Gasteiger partial charge in [-0.15, -0.1) is 0 Å². The van der Waals surface area contributed by atoms with Gasteiger partial charge in [0.25, 0.3) is 5.91 Å². The van der Waals surface area contributed by atoms with Crippen LogP contribution in [-0.2, 0) is 11.3 Å². The molecule has 1 aromatic carbocycles. The molecule has 0 aliphatic heterocycles. The molecule has 0 aliphatic carbocycles. The molecule has 106 valence electrons. The molecule has 0 spiro atoms. The first-order valence-electron chi connectivity index (χ1n) is 6.56. The van der Waals surface area contributed by atoms with E-state index < -0.39 is 0 Å². The standard InChI is InChI=1S/C15H24N2O2/c1-11(2)16-9-13-8-6-7-12(3)15(13)19-10-14(18)17(4)5/h6-8,11,16H,9-10H2,1-5H3. The van der Waals surface area contributed by atoms with Gasteiger partial charge < -0.3 is 15.0 Å². The number of likely N-dealkylation sites (N-methyl/N-ethyl adjacent to an activating group) is 1. The van der Waals surface area contributed by atoms with Gasteiger partial charge in [0.1, 0.15) is 5.75 Å². The first-order chi connectivity index (χ1) is 8.91. The number of carbonyl (C=O) groups excluding carboxylic acids is 1. The zero-order valence-electron chi connectivity index (χ0n) is 12.5. The molecule has 4 nitrogen and oxygen atoms in total. The minimum atomic E-state index is -0.0361. The van der Waals surface area contributed by atoms with E-state index in [0.717, 1.165) is 23.4 Å². The summed E-state index contributed by atoms with van der Waals surface area (Å²) in [7, 11) is 3.45. The monoisotopic (exact) mass is 264 g/mol. The van der Waals surface area contributed by atoms with Crippen molar-refractivity contribution in [1.82, 2.24) is 10.2 Å². The minimum absolute atomic E-state index is 0.0361. The van der Waals surface area contributed by atoms with E-state index in [9.17, 15) is 4.79 Å². The maximum Gasteiger partial charge on any atom is 0.259 e. The van der Waals surface area contributed by atoms with Crippen LogP contribution in [0.25, 0.3) is 0 Å². The van der Waals surface area contributed by atoms with Crippen molar-refractivity contribution in [3.8, 4) is 5.75 Å². The number of ether oxygens (including phenoxy) is 1. The highest BCUT2D eigenvalue weighted by Crippen LogP contribution is 2.23. The van der Waals surface area contributed by atoms with Gasteiger partial charge in [0, 0.05) is 32.2 Å². The van der Waals surface area contributed by atoms with Gasteiger partial charge in [-0.1, -0.05) is 32.0 Å². The number of nitrogens with one attached hydrogen (secondary N) is 1. The van der Waals surface area contributed by atoms with Crippen LogP contribution >= 0.6 is 0 Å². The number of para-hydroxylation sites is 1. The van der Waals surface area contributed by atoms with Crippen LogP contribution in [0.1, 0.15) is 25.0 Å². The van der Waals surface area contributed by atoms with E-state index in [-0.39, 0.29) is 12.5 Å². The number of rotatable bonds is 6.